The quantitative estimate of drug-likeness (QED) is 0.221. The molecule has 3 rings (SSSR count). The second-order valence-electron chi connectivity index (χ2n) is 10.2. The predicted octanol–water partition coefficient (Wildman–Crippen LogP) is 5.94. The molecule has 2 atom stereocenters. The highest BCUT2D eigenvalue weighted by molar-refractivity contribution is 6.00. The van der Waals surface area contributed by atoms with Crippen molar-refractivity contribution in [3.8, 4) is 5.75 Å². The summed E-state index contributed by atoms with van der Waals surface area (Å²) in [4.78, 5) is 14.8. The first-order valence-corrected chi connectivity index (χ1v) is 14.3. The molecule has 0 fully saturated rings. The van der Waals surface area contributed by atoms with Gasteiger partial charge >= 0.3 is 0 Å². The van der Waals surface area contributed by atoms with Crippen molar-refractivity contribution in [1.82, 2.24) is 4.90 Å². The number of fused-ring (bicyclic) bond motifs is 1. The van der Waals surface area contributed by atoms with E-state index in [4.69, 9.17) is 19.9 Å². The SMILES string of the molecule is CCCC(C)N1Cc2c(NCCOCCCOCCCCCOc3cccc([C@@H](C)N)c3)cccc2C1=O. The first-order chi connectivity index (χ1) is 18.5. The van der Waals surface area contributed by atoms with E-state index in [1.165, 1.54) is 0 Å². The maximum absolute atomic E-state index is 12.8. The molecule has 0 aliphatic carbocycles. The molecule has 1 amide bonds. The number of carbonyl (C=O) groups is 1. The van der Waals surface area contributed by atoms with Crippen LogP contribution in [0.2, 0.25) is 0 Å². The topological polar surface area (TPSA) is 86.1 Å². The normalized spacial score (nSPS) is 14.4. The second-order valence-corrected chi connectivity index (χ2v) is 10.2. The van der Waals surface area contributed by atoms with Gasteiger partial charge in [0, 0.05) is 61.8 Å². The lowest BCUT2D eigenvalue weighted by Crippen LogP contribution is -2.33. The number of hydrogen-bond acceptors (Lipinski definition) is 6. The highest BCUT2D eigenvalue weighted by Gasteiger charge is 2.31. The summed E-state index contributed by atoms with van der Waals surface area (Å²) in [6.07, 6.45) is 6.12. The molecule has 2 aromatic rings. The molecule has 1 heterocycles. The summed E-state index contributed by atoms with van der Waals surface area (Å²) in [5.41, 5.74) is 10.00. The number of rotatable bonds is 19. The number of amides is 1. The highest BCUT2D eigenvalue weighted by atomic mass is 16.5. The Morgan fingerprint density at radius 2 is 1.68 bits per heavy atom. The van der Waals surface area contributed by atoms with Gasteiger partial charge < -0.3 is 30.2 Å². The van der Waals surface area contributed by atoms with Gasteiger partial charge in [-0.15, -0.1) is 0 Å². The van der Waals surface area contributed by atoms with Crippen LogP contribution in [0.4, 0.5) is 5.69 Å². The summed E-state index contributed by atoms with van der Waals surface area (Å²) >= 11 is 0. The third kappa shape index (κ3) is 9.29. The molecule has 38 heavy (non-hydrogen) atoms. The van der Waals surface area contributed by atoms with Crippen LogP contribution in [-0.4, -0.2) is 56.4 Å². The molecule has 0 aromatic heterocycles. The van der Waals surface area contributed by atoms with E-state index in [9.17, 15) is 4.79 Å². The third-order valence-corrected chi connectivity index (χ3v) is 6.96. The van der Waals surface area contributed by atoms with E-state index < -0.39 is 0 Å². The van der Waals surface area contributed by atoms with Gasteiger partial charge in [0.15, 0.2) is 0 Å². The molecule has 1 unspecified atom stereocenters. The molecule has 3 N–H and O–H groups in total. The minimum absolute atomic E-state index is 0.0200. The molecule has 0 bridgehead atoms. The van der Waals surface area contributed by atoms with Crippen LogP contribution in [0, 0.1) is 0 Å². The fraction of sp³-hybridized carbons (Fsp3) is 0.581. The maximum atomic E-state index is 12.8. The van der Waals surface area contributed by atoms with Gasteiger partial charge in [0.1, 0.15) is 5.75 Å². The largest absolute Gasteiger partial charge is 0.494 e. The highest BCUT2D eigenvalue weighted by Crippen LogP contribution is 2.31. The maximum Gasteiger partial charge on any atom is 0.254 e. The van der Waals surface area contributed by atoms with Crippen LogP contribution in [0.25, 0.3) is 0 Å². The third-order valence-electron chi connectivity index (χ3n) is 6.96. The van der Waals surface area contributed by atoms with Crippen LogP contribution in [0.3, 0.4) is 0 Å². The Labute approximate surface area is 229 Å². The van der Waals surface area contributed by atoms with Gasteiger partial charge in [0.25, 0.3) is 5.91 Å². The van der Waals surface area contributed by atoms with Crippen molar-refractivity contribution in [2.24, 2.45) is 5.73 Å². The monoisotopic (exact) mass is 525 g/mol. The molecule has 1 aliphatic rings. The Morgan fingerprint density at radius 1 is 0.947 bits per heavy atom. The van der Waals surface area contributed by atoms with Crippen LogP contribution in [0.15, 0.2) is 42.5 Å². The summed E-state index contributed by atoms with van der Waals surface area (Å²) in [5.74, 6) is 1.04. The number of carbonyl (C=O) groups excluding carboxylic acids is 1. The van der Waals surface area contributed by atoms with Crippen molar-refractivity contribution >= 4 is 11.6 Å². The van der Waals surface area contributed by atoms with Crippen molar-refractivity contribution in [3.63, 3.8) is 0 Å². The van der Waals surface area contributed by atoms with Gasteiger partial charge in [0.2, 0.25) is 0 Å². The van der Waals surface area contributed by atoms with Crippen LogP contribution in [-0.2, 0) is 16.0 Å². The lowest BCUT2D eigenvalue weighted by molar-refractivity contribution is 0.0708. The van der Waals surface area contributed by atoms with E-state index in [2.05, 4.69) is 25.2 Å². The number of nitrogens with one attached hydrogen (secondary N) is 1. The number of nitrogens with zero attached hydrogens (tertiary/aromatic N) is 1. The molecule has 7 heteroatoms. The van der Waals surface area contributed by atoms with Crippen molar-refractivity contribution in [3.05, 3.63) is 59.2 Å². The minimum Gasteiger partial charge on any atom is -0.494 e. The molecule has 0 spiro atoms. The fourth-order valence-corrected chi connectivity index (χ4v) is 4.74. The molecule has 0 radical (unpaired) electrons. The Bertz CT molecular complexity index is 981. The summed E-state index contributed by atoms with van der Waals surface area (Å²) in [6, 6.07) is 14.2. The summed E-state index contributed by atoms with van der Waals surface area (Å²) in [7, 11) is 0. The number of ether oxygens (including phenoxy) is 3. The minimum atomic E-state index is 0.0200. The molecular formula is C31H47N3O4. The van der Waals surface area contributed by atoms with E-state index >= 15 is 0 Å². The molecular weight excluding hydrogens is 478 g/mol. The summed E-state index contributed by atoms with van der Waals surface area (Å²) < 4.78 is 17.3. The van der Waals surface area contributed by atoms with Crippen molar-refractivity contribution in [2.45, 2.75) is 77.9 Å². The molecule has 2 aromatic carbocycles. The smallest absolute Gasteiger partial charge is 0.254 e. The Hall–Kier alpha value is -2.61. The van der Waals surface area contributed by atoms with Crippen LogP contribution in [0.5, 0.6) is 5.75 Å². The Balaban J connectivity index is 1.17. The molecule has 0 saturated carbocycles. The predicted molar refractivity (Wildman–Crippen MR) is 154 cm³/mol. The van der Waals surface area contributed by atoms with Gasteiger partial charge in [0.05, 0.1) is 13.2 Å². The van der Waals surface area contributed by atoms with Crippen molar-refractivity contribution in [1.29, 1.82) is 0 Å². The van der Waals surface area contributed by atoms with Crippen molar-refractivity contribution in [2.75, 3.05) is 44.9 Å². The Kier molecular flexibility index (Phi) is 12.9. The first-order valence-electron chi connectivity index (χ1n) is 14.3. The average Bonchev–Trinajstić information content (AvgIpc) is 3.26. The lowest BCUT2D eigenvalue weighted by atomic mass is 10.1. The van der Waals surface area contributed by atoms with Gasteiger partial charge in [-0.25, -0.2) is 0 Å². The van der Waals surface area contributed by atoms with Crippen molar-refractivity contribution < 1.29 is 19.0 Å². The molecule has 1 aliphatic heterocycles. The van der Waals surface area contributed by atoms with E-state index in [0.717, 1.165) is 73.3 Å². The summed E-state index contributed by atoms with van der Waals surface area (Å²) in [5, 5.41) is 3.46. The van der Waals surface area contributed by atoms with E-state index in [1.54, 1.807) is 0 Å². The van der Waals surface area contributed by atoms with Gasteiger partial charge in [-0.2, -0.15) is 0 Å². The number of anilines is 1. The number of benzene rings is 2. The Morgan fingerprint density at radius 3 is 2.47 bits per heavy atom. The van der Waals surface area contributed by atoms with Gasteiger partial charge in [-0.05, 0) is 75.8 Å². The molecule has 7 nitrogen and oxygen atoms in total. The van der Waals surface area contributed by atoms with E-state index in [-0.39, 0.29) is 18.0 Å². The fourth-order valence-electron chi connectivity index (χ4n) is 4.74. The number of unbranched alkanes of at least 4 members (excludes halogenated alkanes) is 2. The zero-order chi connectivity index (χ0) is 27.2. The average molecular weight is 526 g/mol. The van der Waals surface area contributed by atoms with Gasteiger partial charge in [-0.1, -0.05) is 31.5 Å². The van der Waals surface area contributed by atoms with Crippen LogP contribution >= 0.6 is 0 Å². The van der Waals surface area contributed by atoms with E-state index in [1.807, 2.05) is 48.2 Å². The second kappa shape index (κ2) is 16.4. The number of hydrogen-bond donors (Lipinski definition) is 2. The van der Waals surface area contributed by atoms with Gasteiger partial charge in [-0.3, -0.25) is 4.79 Å². The molecule has 0 saturated heterocycles. The van der Waals surface area contributed by atoms with Crippen LogP contribution in [0.1, 0.15) is 86.8 Å². The van der Waals surface area contributed by atoms with E-state index in [0.29, 0.717) is 39.5 Å². The van der Waals surface area contributed by atoms with Crippen LogP contribution < -0.4 is 15.8 Å². The number of nitrogens with two attached hydrogens (primary N) is 1. The molecule has 210 valence electrons. The standard InChI is InChI=1S/C31H47N3O4/c1-4-11-24(2)34-23-29-28(31(34)35)14-9-15-30(29)33-16-21-37-19-10-18-36-17-6-5-7-20-38-27-13-8-12-26(22-27)25(3)32/h8-9,12-15,22,24-25,33H,4-7,10-11,16-21,23,32H2,1-3H3/t24?,25-/m1/s1. The first kappa shape index (κ1) is 29.9. The zero-order valence-corrected chi connectivity index (χ0v) is 23.5. The lowest BCUT2D eigenvalue weighted by Gasteiger charge is -2.23. The zero-order valence-electron chi connectivity index (χ0n) is 23.5. The summed E-state index contributed by atoms with van der Waals surface area (Å²) in [6.45, 7) is 11.2.